The maximum Gasteiger partial charge on any atom is 0.234 e. The number of hydrogen-bond donors (Lipinski definition) is 2. The van der Waals surface area contributed by atoms with Crippen molar-refractivity contribution in [3.8, 4) is 17.4 Å². The van der Waals surface area contributed by atoms with Crippen molar-refractivity contribution in [3.05, 3.63) is 66.4 Å². The monoisotopic (exact) mass is 463 g/mol. The summed E-state index contributed by atoms with van der Waals surface area (Å²) in [6, 6.07) is 11.6. The highest BCUT2D eigenvalue weighted by Crippen LogP contribution is 2.34. The molecule has 1 amide bonds. The first-order valence-corrected chi connectivity index (χ1v) is 11.8. The molecule has 1 aliphatic rings. The van der Waals surface area contributed by atoms with E-state index in [9.17, 15) is 4.79 Å². The highest BCUT2D eigenvalue weighted by Gasteiger charge is 2.23. The Hall–Kier alpha value is -3.39. The number of rotatable bonds is 5. The van der Waals surface area contributed by atoms with Crippen molar-refractivity contribution >= 4 is 5.91 Å². The van der Waals surface area contributed by atoms with Crippen molar-refractivity contribution in [2.75, 3.05) is 26.2 Å². The van der Waals surface area contributed by atoms with Gasteiger partial charge >= 0.3 is 0 Å². The molecule has 0 saturated carbocycles. The van der Waals surface area contributed by atoms with Gasteiger partial charge in [-0.2, -0.15) is 0 Å². The zero-order chi connectivity index (χ0) is 23.8. The predicted molar refractivity (Wildman–Crippen MR) is 130 cm³/mol. The third kappa shape index (κ3) is 6.81. The van der Waals surface area contributed by atoms with E-state index in [2.05, 4.69) is 39.0 Å². The molecule has 8 nitrogen and oxygen atoms in total. The second kappa shape index (κ2) is 11.2. The van der Waals surface area contributed by atoms with Crippen LogP contribution in [-0.4, -0.2) is 52.0 Å². The lowest BCUT2D eigenvalue weighted by atomic mass is 9.88. The Kier molecular flexibility index (Phi) is 7.80. The van der Waals surface area contributed by atoms with Crippen LogP contribution in [0.3, 0.4) is 0 Å². The summed E-state index contributed by atoms with van der Waals surface area (Å²) in [5, 5.41) is 3.02. The summed E-state index contributed by atoms with van der Waals surface area (Å²) >= 11 is 0. The molecule has 0 atom stereocenters. The zero-order valence-corrected chi connectivity index (χ0v) is 19.9. The fraction of sp³-hybridized carbons (Fsp3) is 0.423. The third-order valence-electron chi connectivity index (χ3n) is 5.88. The molecule has 3 aromatic rings. The Morgan fingerprint density at radius 3 is 2.88 bits per heavy atom. The number of pyridine rings is 1. The van der Waals surface area contributed by atoms with Gasteiger partial charge < -0.3 is 19.8 Å². The smallest absolute Gasteiger partial charge is 0.234 e. The number of carbonyl (C=O) groups excluding carboxylic acids is 1. The van der Waals surface area contributed by atoms with Gasteiger partial charge in [-0.05, 0) is 43.0 Å². The van der Waals surface area contributed by atoms with E-state index in [1.54, 1.807) is 18.7 Å². The Bertz CT molecular complexity index is 1070. The van der Waals surface area contributed by atoms with Crippen LogP contribution in [0.25, 0.3) is 0 Å². The average molecular weight is 464 g/mol. The molecule has 0 spiro atoms. The standard InChI is InChI=1S/C26H33N5O3/c1-26(2)11-6-14-31(17-24(32)28-13-10-21-15-27-19-30-21)16-20-7-5-12-29-25(20)34-23-9-4-3-8-22(23)33-18-26/h3-5,7-9,12,15,19H,6,10-11,13-14,16-18H2,1-2H3,(H,27,30)(H,28,32). The molecule has 3 heterocycles. The lowest BCUT2D eigenvalue weighted by Crippen LogP contribution is -2.38. The molecule has 8 heteroatoms. The normalized spacial score (nSPS) is 16.4. The summed E-state index contributed by atoms with van der Waals surface area (Å²) < 4.78 is 12.4. The molecular formula is C26H33N5O3. The number of nitrogens with one attached hydrogen (secondary N) is 2. The molecule has 1 aliphatic heterocycles. The van der Waals surface area contributed by atoms with Gasteiger partial charge in [0.15, 0.2) is 11.5 Å². The average Bonchev–Trinajstić information content (AvgIpc) is 3.33. The topological polar surface area (TPSA) is 92.4 Å². The first-order chi connectivity index (χ1) is 16.5. The van der Waals surface area contributed by atoms with Gasteiger partial charge in [-0.15, -0.1) is 0 Å². The number of H-pyrrole nitrogens is 1. The Balaban J connectivity index is 1.49. The minimum Gasteiger partial charge on any atom is -0.489 e. The van der Waals surface area contributed by atoms with E-state index in [0.717, 1.165) is 37.1 Å². The van der Waals surface area contributed by atoms with Crippen LogP contribution in [0.4, 0.5) is 0 Å². The molecule has 2 N–H and O–H groups in total. The van der Waals surface area contributed by atoms with Gasteiger partial charge in [0.05, 0.1) is 19.5 Å². The van der Waals surface area contributed by atoms with E-state index in [1.807, 2.05) is 36.4 Å². The minimum absolute atomic E-state index is 0.00290. The van der Waals surface area contributed by atoms with E-state index >= 15 is 0 Å². The van der Waals surface area contributed by atoms with Crippen LogP contribution < -0.4 is 14.8 Å². The van der Waals surface area contributed by atoms with Crippen molar-refractivity contribution in [2.45, 2.75) is 39.7 Å². The largest absolute Gasteiger partial charge is 0.489 e. The van der Waals surface area contributed by atoms with Crippen molar-refractivity contribution in [2.24, 2.45) is 5.41 Å². The van der Waals surface area contributed by atoms with Crippen LogP contribution in [0.2, 0.25) is 0 Å². The molecule has 0 aliphatic carbocycles. The number of fused-ring (bicyclic) bond motifs is 2. The number of carbonyl (C=O) groups is 1. The fourth-order valence-corrected chi connectivity index (χ4v) is 3.99. The highest BCUT2D eigenvalue weighted by molar-refractivity contribution is 5.78. The van der Waals surface area contributed by atoms with Crippen LogP contribution >= 0.6 is 0 Å². The number of aromatic nitrogens is 3. The van der Waals surface area contributed by atoms with Gasteiger partial charge in [-0.3, -0.25) is 9.69 Å². The van der Waals surface area contributed by atoms with Gasteiger partial charge in [0.2, 0.25) is 11.8 Å². The lowest BCUT2D eigenvalue weighted by molar-refractivity contribution is -0.122. The van der Waals surface area contributed by atoms with Gasteiger partial charge in [0.1, 0.15) is 0 Å². The Morgan fingerprint density at radius 2 is 2.06 bits per heavy atom. The molecule has 34 heavy (non-hydrogen) atoms. The number of benzene rings is 1. The van der Waals surface area contributed by atoms with E-state index in [-0.39, 0.29) is 11.3 Å². The van der Waals surface area contributed by atoms with Crippen LogP contribution in [-0.2, 0) is 17.8 Å². The molecule has 0 bridgehead atoms. The van der Waals surface area contributed by atoms with Crippen LogP contribution in [0, 0.1) is 5.41 Å². The molecule has 0 saturated heterocycles. The number of hydrogen-bond acceptors (Lipinski definition) is 6. The quantitative estimate of drug-likeness (QED) is 0.595. The SMILES string of the molecule is CC1(C)CCCN(CC(=O)NCCc2cnc[nH]2)Cc2cccnc2Oc2ccccc2OC1. The Morgan fingerprint density at radius 1 is 1.21 bits per heavy atom. The van der Waals surface area contributed by atoms with Gasteiger partial charge in [0.25, 0.3) is 0 Å². The first-order valence-electron chi connectivity index (χ1n) is 11.8. The van der Waals surface area contributed by atoms with Crippen LogP contribution in [0.5, 0.6) is 17.4 Å². The molecule has 180 valence electrons. The van der Waals surface area contributed by atoms with Crippen molar-refractivity contribution < 1.29 is 14.3 Å². The van der Waals surface area contributed by atoms with E-state index in [4.69, 9.17) is 9.47 Å². The van der Waals surface area contributed by atoms with Crippen molar-refractivity contribution in [1.29, 1.82) is 0 Å². The minimum atomic E-state index is -0.00965. The highest BCUT2D eigenvalue weighted by atomic mass is 16.5. The number of imidazole rings is 1. The second-order valence-electron chi connectivity index (χ2n) is 9.46. The molecule has 4 rings (SSSR count). The summed E-state index contributed by atoms with van der Waals surface area (Å²) in [5.74, 6) is 1.88. The molecule has 0 fully saturated rings. The van der Waals surface area contributed by atoms with E-state index < -0.39 is 0 Å². The predicted octanol–water partition coefficient (Wildman–Crippen LogP) is 3.96. The summed E-state index contributed by atoms with van der Waals surface area (Å²) in [6.45, 7) is 7.23. The summed E-state index contributed by atoms with van der Waals surface area (Å²) in [6.07, 6.45) is 7.80. The van der Waals surface area contributed by atoms with Gasteiger partial charge in [-0.25, -0.2) is 9.97 Å². The zero-order valence-electron chi connectivity index (χ0n) is 19.9. The molecule has 0 unspecified atom stereocenters. The maximum absolute atomic E-state index is 12.7. The van der Waals surface area contributed by atoms with Crippen LogP contribution in [0.1, 0.15) is 37.9 Å². The molecule has 2 aromatic heterocycles. The van der Waals surface area contributed by atoms with Crippen molar-refractivity contribution in [1.82, 2.24) is 25.2 Å². The maximum atomic E-state index is 12.7. The number of aromatic amines is 1. The van der Waals surface area contributed by atoms with Crippen LogP contribution in [0.15, 0.2) is 55.1 Å². The summed E-state index contributed by atoms with van der Waals surface area (Å²) in [5.41, 5.74) is 1.93. The number of ether oxygens (including phenoxy) is 2. The number of para-hydroxylation sites is 2. The first kappa shape index (κ1) is 23.8. The number of nitrogens with zero attached hydrogens (tertiary/aromatic N) is 3. The van der Waals surface area contributed by atoms with Gasteiger partial charge in [-0.1, -0.05) is 32.0 Å². The molecular weight excluding hydrogens is 430 g/mol. The summed E-state index contributed by atoms with van der Waals surface area (Å²) in [7, 11) is 0. The third-order valence-corrected chi connectivity index (χ3v) is 5.88. The second-order valence-corrected chi connectivity index (χ2v) is 9.46. The lowest BCUT2D eigenvalue weighted by Gasteiger charge is -2.27. The van der Waals surface area contributed by atoms with Gasteiger partial charge in [0, 0.05) is 43.2 Å². The molecule has 1 aromatic carbocycles. The van der Waals surface area contributed by atoms with Crippen molar-refractivity contribution in [3.63, 3.8) is 0 Å². The van der Waals surface area contributed by atoms with E-state index in [0.29, 0.717) is 43.6 Å². The fourth-order valence-electron chi connectivity index (χ4n) is 3.99. The Labute approximate surface area is 200 Å². The molecule has 0 radical (unpaired) electrons. The number of amides is 1. The summed E-state index contributed by atoms with van der Waals surface area (Å²) in [4.78, 5) is 26.4. The van der Waals surface area contributed by atoms with E-state index in [1.165, 1.54) is 0 Å².